The van der Waals surface area contributed by atoms with Gasteiger partial charge in [0.2, 0.25) is 11.8 Å². The topological polar surface area (TPSA) is 122 Å². The van der Waals surface area contributed by atoms with Crippen LogP contribution in [0.3, 0.4) is 0 Å². The summed E-state index contributed by atoms with van der Waals surface area (Å²) in [6.45, 7) is 1.37. The van der Waals surface area contributed by atoms with Crippen LogP contribution >= 0.6 is 12.4 Å². The molecule has 1 fully saturated rings. The van der Waals surface area contributed by atoms with Gasteiger partial charge in [0.25, 0.3) is 11.8 Å². The van der Waals surface area contributed by atoms with E-state index in [1.54, 1.807) is 18.2 Å². The Hall–Kier alpha value is -2.45. The summed E-state index contributed by atoms with van der Waals surface area (Å²) in [4.78, 5) is 50.1. The van der Waals surface area contributed by atoms with Crippen LogP contribution in [0, 0.1) is 0 Å². The first-order chi connectivity index (χ1) is 13.0. The second-order valence-corrected chi connectivity index (χ2v) is 6.81. The van der Waals surface area contributed by atoms with E-state index in [-0.39, 0.29) is 36.7 Å². The Morgan fingerprint density at radius 2 is 1.82 bits per heavy atom. The summed E-state index contributed by atoms with van der Waals surface area (Å²) in [5.74, 6) is -1.97. The number of anilines is 1. The van der Waals surface area contributed by atoms with E-state index in [9.17, 15) is 19.2 Å². The highest BCUT2D eigenvalue weighted by Gasteiger charge is 2.45. The molecule has 3 rings (SSSR count). The molecule has 0 aromatic heterocycles. The van der Waals surface area contributed by atoms with E-state index < -0.39 is 23.8 Å². The maximum Gasteiger partial charge on any atom is 0.264 e. The van der Waals surface area contributed by atoms with Crippen molar-refractivity contribution >= 4 is 41.7 Å². The zero-order valence-corrected chi connectivity index (χ0v) is 16.3. The molecule has 0 spiro atoms. The number of carbonyl (C=O) groups excluding carboxylic acids is 4. The molecule has 0 radical (unpaired) electrons. The van der Waals surface area contributed by atoms with Crippen LogP contribution in [0.2, 0.25) is 0 Å². The number of benzene rings is 1. The molecular formula is C19H25ClN4O4. The average molecular weight is 409 g/mol. The standard InChI is InChI=1S/C19H24N4O4.ClH/c20-10-3-1-2-4-11-21-13-7-5-6-12-16(13)19(27)23(18(12)26)14-8-9-15(24)22-17(14)25;/h5-7,14,21H,1-4,8-11,20H2,(H,22,24,25);1H. The first-order valence-electron chi connectivity index (χ1n) is 9.33. The summed E-state index contributed by atoms with van der Waals surface area (Å²) < 4.78 is 0. The maximum atomic E-state index is 12.9. The number of amides is 4. The molecule has 152 valence electrons. The Kier molecular flexibility index (Phi) is 7.53. The number of nitrogens with one attached hydrogen (secondary N) is 2. The quantitative estimate of drug-likeness (QED) is 0.442. The van der Waals surface area contributed by atoms with E-state index in [4.69, 9.17) is 5.73 Å². The molecule has 9 heteroatoms. The predicted octanol–water partition coefficient (Wildman–Crippen LogP) is 1.44. The molecule has 0 aliphatic carbocycles. The molecule has 1 aromatic rings. The fourth-order valence-corrected chi connectivity index (χ4v) is 3.51. The van der Waals surface area contributed by atoms with Crippen LogP contribution in [0.5, 0.6) is 0 Å². The Labute approximate surface area is 169 Å². The number of piperidine rings is 1. The number of carbonyl (C=O) groups is 4. The summed E-state index contributed by atoms with van der Waals surface area (Å²) in [7, 11) is 0. The van der Waals surface area contributed by atoms with Crippen LogP contribution in [-0.4, -0.2) is 47.7 Å². The molecule has 0 bridgehead atoms. The minimum absolute atomic E-state index is 0. The first kappa shape index (κ1) is 21.8. The lowest BCUT2D eigenvalue weighted by molar-refractivity contribution is -0.136. The van der Waals surface area contributed by atoms with Gasteiger partial charge in [-0.3, -0.25) is 29.4 Å². The van der Waals surface area contributed by atoms with Crippen LogP contribution in [0.25, 0.3) is 0 Å². The number of nitrogens with two attached hydrogens (primary N) is 1. The normalized spacial score (nSPS) is 18.6. The molecule has 4 N–H and O–H groups in total. The van der Waals surface area contributed by atoms with Gasteiger partial charge in [-0.15, -0.1) is 12.4 Å². The molecule has 8 nitrogen and oxygen atoms in total. The molecule has 1 unspecified atom stereocenters. The monoisotopic (exact) mass is 408 g/mol. The lowest BCUT2D eigenvalue weighted by atomic mass is 10.0. The number of hydrogen-bond donors (Lipinski definition) is 3. The van der Waals surface area contributed by atoms with E-state index in [0.717, 1.165) is 30.6 Å². The lowest BCUT2D eigenvalue weighted by Crippen LogP contribution is -2.54. The molecule has 1 atom stereocenters. The number of unbranched alkanes of at least 4 members (excludes halogenated alkanes) is 3. The van der Waals surface area contributed by atoms with Crippen molar-refractivity contribution in [2.45, 2.75) is 44.6 Å². The van der Waals surface area contributed by atoms with Gasteiger partial charge in [-0.2, -0.15) is 0 Å². The fourth-order valence-electron chi connectivity index (χ4n) is 3.51. The Morgan fingerprint density at radius 3 is 2.54 bits per heavy atom. The van der Waals surface area contributed by atoms with Crippen molar-refractivity contribution in [1.82, 2.24) is 10.2 Å². The number of nitrogens with zero attached hydrogens (tertiary/aromatic N) is 1. The van der Waals surface area contributed by atoms with Crippen LogP contribution in [0.15, 0.2) is 18.2 Å². The SMILES string of the molecule is Cl.NCCCCCCNc1cccc2c1C(=O)N(C1CCC(=O)NC1=O)C2=O. The van der Waals surface area contributed by atoms with E-state index in [2.05, 4.69) is 10.6 Å². The van der Waals surface area contributed by atoms with Crippen LogP contribution < -0.4 is 16.4 Å². The molecule has 2 aliphatic rings. The third-order valence-corrected chi connectivity index (χ3v) is 4.91. The van der Waals surface area contributed by atoms with Crippen molar-refractivity contribution in [1.29, 1.82) is 0 Å². The summed E-state index contributed by atoms with van der Waals surface area (Å²) in [5, 5.41) is 5.43. The Morgan fingerprint density at radius 1 is 1.07 bits per heavy atom. The van der Waals surface area contributed by atoms with Crippen molar-refractivity contribution in [2.75, 3.05) is 18.4 Å². The minimum atomic E-state index is -0.945. The molecule has 4 amide bonds. The van der Waals surface area contributed by atoms with Gasteiger partial charge < -0.3 is 11.1 Å². The summed E-state index contributed by atoms with van der Waals surface area (Å²) in [6.07, 6.45) is 4.29. The van der Waals surface area contributed by atoms with Crippen molar-refractivity contribution in [3.8, 4) is 0 Å². The molecule has 2 aliphatic heterocycles. The van der Waals surface area contributed by atoms with Gasteiger partial charge in [-0.1, -0.05) is 18.9 Å². The Bertz CT molecular complexity index is 783. The highest BCUT2D eigenvalue weighted by molar-refractivity contribution is 6.25. The zero-order valence-electron chi connectivity index (χ0n) is 15.5. The molecule has 1 saturated heterocycles. The van der Waals surface area contributed by atoms with Crippen molar-refractivity contribution in [2.24, 2.45) is 5.73 Å². The predicted molar refractivity (Wildman–Crippen MR) is 106 cm³/mol. The third-order valence-electron chi connectivity index (χ3n) is 4.91. The fraction of sp³-hybridized carbons (Fsp3) is 0.474. The lowest BCUT2D eigenvalue weighted by Gasteiger charge is -2.27. The maximum absolute atomic E-state index is 12.9. The van der Waals surface area contributed by atoms with Gasteiger partial charge in [0.1, 0.15) is 6.04 Å². The summed E-state index contributed by atoms with van der Waals surface area (Å²) in [6, 6.07) is 4.12. The molecule has 28 heavy (non-hydrogen) atoms. The van der Waals surface area contributed by atoms with E-state index in [1.165, 1.54) is 0 Å². The van der Waals surface area contributed by atoms with E-state index >= 15 is 0 Å². The molecular weight excluding hydrogens is 384 g/mol. The molecule has 1 aromatic carbocycles. The van der Waals surface area contributed by atoms with E-state index in [1.807, 2.05) is 0 Å². The second-order valence-electron chi connectivity index (χ2n) is 6.81. The van der Waals surface area contributed by atoms with Crippen molar-refractivity contribution < 1.29 is 19.2 Å². The number of imide groups is 2. The third kappa shape index (κ3) is 4.34. The van der Waals surface area contributed by atoms with Gasteiger partial charge in [-0.25, -0.2) is 0 Å². The van der Waals surface area contributed by atoms with Crippen molar-refractivity contribution in [3.63, 3.8) is 0 Å². The molecule has 2 heterocycles. The minimum Gasteiger partial charge on any atom is -0.384 e. The number of rotatable bonds is 8. The number of fused-ring (bicyclic) bond motifs is 1. The van der Waals surface area contributed by atoms with Gasteiger partial charge in [0, 0.05) is 18.7 Å². The highest BCUT2D eigenvalue weighted by atomic mass is 35.5. The summed E-state index contributed by atoms with van der Waals surface area (Å²) >= 11 is 0. The smallest absolute Gasteiger partial charge is 0.264 e. The molecule has 0 saturated carbocycles. The average Bonchev–Trinajstić information content (AvgIpc) is 2.90. The number of halogens is 1. The van der Waals surface area contributed by atoms with Crippen LogP contribution in [-0.2, 0) is 9.59 Å². The second kappa shape index (κ2) is 9.66. The van der Waals surface area contributed by atoms with Gasteiger partial charge >= 0.3 is 0 Å². The Balaban J connectivity index is 0.00000280. The largest absolute Gasteiger partial charge is 0.384 e. The zero-order chi connectivity index (χ0) is 19.4. The van der Waals surface area contributed by atoms with Gasteiger partial charge in [0.15, 0.2) is 0 Å². The van der Waals surface area contributed by atoms with Gasteiger partial charge in [0.05, 0.1) is 11.1 Å². The van der Waals surface area contributed by atoms with E-state index in [0.29, 0.717) is 24.3 Å². The van der Waals surface area contributed by atoms with Crippen molar-refractivity contribution in [3.05, 3.63) is 29.3 Å². The first-order valence-corrected chi connectivity index (χ1v) is 9.33. The number of hydrogen-bond acceptors (Lipinski definition) is 6. The highest BCUT2D eigenvalue weighted by Crippen LogP contribution is 2.32. The summed E-state index contributed by atoms with van der Waals surface area (Å²) in [5.41, 5.74) is 6.67. The van der Waals surface area contributed by atoms with Crippen LogP contribution in [0.1, 0.15) is 59.2 Å². The van der Waals surface area contributed by atoms with Crippen LogP contribution in [0.4, 0.5) is 5.69 Å². The van der Waals surface area contributed by atoms with Gasteiger partial charge in [-0.05, 0) is 37.9 Å².